The summed E-state index contributed by atoms with van der Waals surface area (Å²) in [6.07, 6.45) is 1.18. The molecular weight excluding hydrogens is 280 g/mol. The highest BCUT2D eigenvalue weighted by Gasteiger charge is 2.32. The van der Waals surface area contributed by atoms with Crippen molar-refractivity contribution in [2.75, 3.05) is 52.4 Å². The van der Waals surface area contributed by atoms with Gasteiger partial charge in [-0.1, -0.05) is 6.92 Å². The lowest BCUT2D eigenvalue weighted by molar-refractivity contribution is -0.130. The highest BCUT2D eigenvalue weighted by molar-refractivity contribution is 7.86. The monoisotopic (exact) mass is 304 g/mol. The first kappa shape index (κ1) is 15.7. The summed E-state index contributed by atoms with van der Waals surface area (Å²) in [6.45, 7) is 6.34. The summed E-state index contributed by atoms with van der Waals surface area (Å²) in [7, 11) is -3.38. The third kappa shape index (κ3) is 3.49. The summed E-state index contributed by atoms with van der Waals surface area (Å²) in [5.41, 5.74) is 0. The van der Waals surface area contributed by atoms with Gasteiger partial charge in [0, 0.05) is 58.8 Å². The normalized spacial score (nSPS) is 23.6. The molecule has 2 heterocycles. The fourth-order valence-electron chi connectivity index (χ4n) is 2.64. The van der Waals surface area contributed by atoms with Gasteiger partial charge in [-0.3, -0.25) is 4.79 Å². The fraction of sp³-hybridized carbons (Fsp3) is 0.917. The molecule has 0 aromatic carbocycles. The molecule has 0 atom stereocenters. The Morgan fingerprint density at radius 2 is 1.65 bits per heavy atom. The number of nitrogens with one attached hydrogen (secondary N) is 1. The van der Waals surface area contributed by atoms with E-state index in [9.17, 15) is 13.2 Å². The van der Waals surface area contributed by atoms with E-state index in [1.807, 2.05) is 6.92 Å². The molecule has 116 valence electrons. The van der Waals surface area contributed by atoms with Gasteiger partial charge in [-0.2, -0.15) is 17.0 Å². The number of amides is 1. The molecule has 0 spiro atoms. The van der Waals surface area contributed by atoms with Crippen LogP contribution in [-0.2, 0) is 15.0 Å². The van der Waals surface area contributed by atoms with Crippen LogP contribution in [0, 0.1) is 0 Å². The number of carbonyl (C=O) groups is 1. The number of rotatable bonds is 3. The first-order valence-corrected chi connectivity index (χ1v) is 8.69. The minimum Gasteiger partial charge on any atom is -0.341 e. The van der Waals surface area contributed by atoms with Crippen LogP contribution in [0.2, 0.25) is 0 Å². The van der Waals surface area contributed by atoms with Crippen molar-refractivity contribution in [3.05, 3.63) is 0 Å². The third-order valence-corrected chi connectivity index (χ3v) is 5.87. The summed E-state index contributed by atoms with van der Waals surface area (Å²) in [5.74, 6) is 0.103. The smallest absolute Gasteiger partial charge is 0.282 e. The molecule has 1 N–H and O–H groups in total. The van der Waals surface area contributed by atoms with Gasteiger partial charge < -0.3 is 10.2 Å². The van der Waals surface area contributed by atoms with Crippen LogP contribution in [0.5, 0.6) is 0 Å². The zero-order chi connectivity index (χ0) is 14.6. The molecule has 20 heavy (non-hydrogen) atoms. The largest absolute Gasteiger partial charge is 0.341 e. The fourth-order valence-corrected chi connectivity index (χ4v) is 4.28. The average molecular weight is 304 g/mol. The van der Waals surface area contributed by atoms with E-state index in [-0.39, 0.29) is 5.91 Å². The molecular formula is C12H24N4O3S. The quantitative estimate of drug-likeness (QED) is 0.732. The highest BCUT2D eigenvalue weighted by atomic mass is 32.2. The molecule has 7 nitrogen and oxygen atoms in total. The van der Waals surface area contributed by atoms with E-state index in [1.165, 1.54) is 4.31 Å². The van der Waals surface area contributed by atoms with Crippen molar-refractivity contribution in [2.45, 2.75) is 19.8 Å². The van der Waals surface area contributed by atoms with E-state index in [2.05, 4.69) is 5.32 Å². The van der Waals surface area contributed by atoms with Crippen molar-refractivity contribution >= 4 is 16.1 Å². The molecule has 2 rings (SSSR count). The number of hydrogen-bond acceptors (Lipinski definition) is 4. The molecule has 0 radical (unpaired) electrons. The van der Waals surface area contributed by atoms with Crippen LogP contribution in [0.25, 0.3) is 0 Å². The van der Waals surface area contributed by atoms with Gasteiger partial charge in [0.15, 0.2) is 0 Å². The van der Waals surface area contributed by atoms with E-state index < -0.39 is 10.2 Å². The predicted molar refractivity (Wildman–Crippen MR) is 76.4 cm³/mol. The van der Waals surface area contributed by atoms with Gasteiger partial charge in [-0.15, -0.1) is 0 Å². The van der Waals surface area contributed by atoms with E-state index in [4.69, 9.17) is 0 Å². The van der Waals surface area contributed by atoms with E-state index >= 15 is 0 Å². The Morgan fingerprint density at radius 3 is 2.30 bits per heavy atom. The predicted octanol–water partition coefficient (Wildman–Crippen LogP) is -0.919. The van der Waals surface area contributed by atoms with Crippen molar-refractivity contribution < 1.29 is 13.2 Å². The van der Waals surface area contributed by atoms with Gasteiger partial charge >= 0.3 is 0 Å². The molecule has 0 aromatic heterocycles. The van der Waals surface area contributed by atoms with Crippen LogP contribution in [0.15, 0.2) is 0 Å². The first-order valence-electron chi connectivity index (χ1n) is 7.29. The lowest BCUT2D eigenvalue weighted by atomic mass is 10.3. The van der Waals surface area contributed by atoms with Gasteiger partial charge in [0.25, 0.3) is 10.2 Å². The standard InChI is InChI=1S/C12H24N4O3S/c1-2-12(17)14-6-3-7-15(11-10-14)20(18,19)16-8-4-13-5-9-16/h13H,2-11H2,1H3. The Balaban J connectivity index is 2.00. The maximum Gasteiger partial charge on any atom is 0.282 e. The second kappa shape index (κ2) is 6.84. The minimum atomic E-state index is -3.38. The summed E-state index contributed by atoms with van der Waals surface area (Å²) in [4.78, 5) is 13.5. The Kier molecular flexibility index (Phi) is 5.36. The van der Waals surface area contributed by atoms with Crippen molar-refractivity contribution in [1.29, 1.82) is 0 Å². The summed E-state index contributed by atoms with van der Waals surface area (Å²) in [6, 6.07) is 0. The van der Waals surface area contributed by atoms with Crippen LogP contribution in [0.3, 0.4) is 0 Å². The highest BCUT2D eigenvalue weighted by Crippen LogP contribution is 2.13. The molecule has 8 heteroatoms. The summed E-state index contributed by atoms with van der Waals surface area (Å²) in [5, 5.41) is 3.15. The molecule has 2 aliphatic heterocycles. The van der Waals surface area contributed by atoms with Crippen molar-refractivity contribution in [3.8, 4) is 0 Å². The van der Waals surface area contributed by atoms with Gasteiger partial charge in [0.2, 0.25) is 5.91 Å². The minimum absolute atomic E-state index is 0.103. The number of piperazine rings is 1. The van der Waals surface area contributed by atoms with Crippen LogP contribution in [0.1, 0.15) is 19.8 Å². The van der Waals surface area contributed by atoms with Crippen molar-refractivity contribution in [2.24, 2.45) is 0 Å². The average Bonchev–Trinajstić information content (AvgIpc) is 2.73. The van der Waals surface area contributed by atoms with Gasteiger partial charge in [0.05, 0.1) is 0 Å². The zero-order valence-corrected chi connectivity index (χ0v) is 12.9. The molecule has 0 aliphatic carbocycles. The molecule has 2 saturated heterocycles. The van der Waals surface area contributed by atoms with Crippen molar-refractivity contribution in [3.63, 3.8) is 0 Å². The summed E-state index contributed by atoms with van der Waals surface area (Å²) >= 11 is 0. The van der Waals surface area contributed by atoms with Gasteiger partial charge in [-0.25, -0.2) is 0 Å². The van der Waals surface area contributed by atoms with Crippen molar-refractivity contribution in [1.82, 2.24) is 18.8 Å². The third-order valence-electron chi connectivity index (χ3n) is 3.84. The molecule has 2 fully saturated rings. The maximum atomic E-state index is 12.6. The number of nitrogens with zero attached hydrogens (tertiary/aromatic N) is 3. The van der Waals surface area contributed by atoms with E-state index in [0.29, 0.717) is 65.2 Å². The Labute approximate surface area is 121 Å². The first-order chi connectivity index (χ1) is 9.55. The molecule has 0 bridgehead atoms. The number of carbonyl (C=O) groups excluding carboxylic acids is 1. The lowest BCUT2D eigenvalue weighted by Crippen LogP contribution is -2.52. The topological polar surface area (TPSA) is 73.0 Å². The molecule has 0 unspecified atom stereocenters. The Bertz CT molecular complexity index is 434. The van der Waals surface area contributed by atoms with Crippen LogP contribution in [-0.4, -0.2) is 80.2 Å². The van der Waals surface area contributed by atoms with Crippen LogP contribution < -0.4 is 5.32 Å². The van der Waals surface area contributed by atoms with Crippen LogP contribution in [0.4, 0.5) is 0 Å². The van der Waals surface area contributed by atoms with Crippen LogP contribution >= 0.6 is 0 Å². The molecule has 0 saturated carbocycles. The summed E-state index contributed by atoms with van der Waals surface area (Å²) < 4.78 is 28.2. The molecule has 0 aromatic rings. The van der Waals surface area contributed by atoms with E-state index in [0.717, 1.165) is 0 Å². The lowest BCUT2D eigenvalue weighted by Gasteiger charge is -2.31. The zero-order valence-electron chi connectivity index (χ0n) is 12.0. The second-order valence-corrected chi connectivity index (χ2v) is 7.07. The molecule has 2 aliphatic rings. The van der Waals surface area contributed by atoms with E-state index in [1.54, 1.807) is 9.21 Å². The second-order valence-electron chi connectivity index (χ2n) is 5.14. The number of hydrogen-bond donors (Lipinski definition) is 1. The van der Waals surface area contributed by atoms with Gasteiger partial charge in [0.1, 0.15) is 0 Å². The SMILES string of the molecule is CCC(=O)N1CCCN(S(=O)(=O)N2CCNCC2)CC1. The molecule has 1 amide bonds. The Hall–Kier alpha value is -0.700. The van der Waals surface area contributed by atoms with Gasteiger partial charge in [-0.05, 0) is 6.42 Å². The Morgan fingerprint density at radius 1 is 1.00 bits per heavy atom. The maximum absolute atomic E-state index is 12.6.